The van der Waals surface area contributed by atoms with Gasteiger partial charge in [-0.15, -0.1) is 0 Å². The van der Waals surface area contributed by atoms with Gasteiger partial charge in [0.2, 0.25) is 0 Å². The number of benzene rings is 6. The Morgan fingerprint density at radius 2 is 1.09 bits per heavy atom. The molecule has 0 amide bonds. The number of aryl methyl sites for hydroxylation is 1. The Morgan fingerprint density at radius 1 is 0.422 bits per heavy atom. The van der Waals surface area contributed by atoms with Gasteiger partial charge in [-0.3, -0.25) is 0 Å². The predicted molar refractivity (Wildman–Crippen MR) is 183 cm³/mol. The first kappa shape index (κ1) is 25.5. The van der Waals surface area contributed by atoms with Gasteiger partial charge in [-0.1, -0.05) is 91.0 Å². The zero-order valence-electron chi connectivity index (χ0n) is 24.5. The van der Waals surface area contributed by atoms with Crippen molar-refractivity contribution in [3.63, 3.8) is 0 Å². The van der Waals surface area contributed by atoms with Crippen molar-refractivity contribution in [2.45, 2.75) is 6.92 Å². The van der Waals surface area contributed by atoms with Gasteiger partial charge < -0.3 is 8.83 Å². The van der Waals surface area contributed by atoms with Crippen LogP contribution in [0, 0.1) is 6.92 Å². The van der Waals surface area contributed by atoms with E-state index in [1.165, 1.54) is 0 Å². The van der Waals surface area contributed by atoms with Gasteiger partial charge in [0.05, 0.1) is 11.4 Å². The van der Waals surface area contributed by atoms with Gasteiger partial charge in [0.15, 0.2) is 5.82 Å². The fourth-order valence-corrected chi connectivity index (χ4v) is 6.40. The minimum atomic E-state index is 0.672. The van der Waals surface area contributed by atoms with Crippen LogP contribution in [0.3, 0.4) is 0 Å². The van der Waals surface area contributed by atoms with E-state index in [0.29, 0.717) is 5.82 Å². The molecule has 0 saturated heterocycles. The number of furan rings is 2. The summed E-state index contributed by atoms with van der Waals surface area (Å²) in [6.07, 6.45) is 0. The number of para-hydroxylation sites is 3. The largest absolute Gasteiger partial charge is 0.456 e. The fourth-order valence-electron chi connectivity index (χ4n) is 6.40. The lowest BCUT2D eigenvalue weighted by atomic mass is 9.96. The maximum atomic E-state index is 6.42. The second kappa shape index (κ2) is 10.0. The van der Waals surface area contributed by atoms with E-state index < -0.39 is 0 Å². The number of hydrogen-bond donors (Lipinski definition) is 0. The van der Waals surface area contributed by atoms with Crippen LogP contribution in [0.2, 0.25) is 0 Å². The summed E-state index contributed by atoms with van der Waals surface area (Å²) in [5.74, 6) is 0.672. The van der Waals surface area contributed by atoms with E-state index in [-0.39, 0.29) is 0 Å². The molecule has 0 spiro atoms. The Balaban J connectivity index is 1.24. The minimum absolute atomic E-state index is 0.672. The smallest absolute Gasteiger partial charge is 0.160 e. The molecule has 4 heteroatoms. The molecule has 4 nitrogen and oxygen atoms in total. The SMILES string of the molecule is Cc1cc(-c2ccc3oc4ccccc4c3c2)cc(-c2cc(-c3cccc4c3oc3ccccc34)nc(-c3ccccc3)n2)c1. The molecule has 0 atom stereocenters. The normalized spacial score (nSPS) is 11.7. The molecule has 0 aliphatic heterocycles. The molecule has 0 fully saturated rings. The van der Waals surface area contributed by atoms with Crippen LogP contribution in [0.5, 0.6) is 0 Å². The summed E-state index contributed by atoms with van der Waals surface area (Å²) in [7, 11) is 0. The van der Waals surface area contributed by atoms with E-state index in [1.807, 2.05) is 48.5 Å². The van der Waals surface area contributed by atoms with Crippen molar-refractivity contribution in [2.24, 2.45) is 0 Å². The average Bonchev–Trinajstić information content (AvgIpc) is 3.66. The molecule has 0 N–H and O–H groups in total. The van der Waals surface area contributed by atoms with Gasteiger partial charge >= 0.3 is 0 Å². The van der Waals surface area contributed by atoms with E-state index in [2.05, 4.69) is 97.9 Å². The third-order valence-corrected chi connectivity index (χ3v) is 8.52. The zero-order chi connectivity index (χ0) is 29.9. The standard InChI is InChI=1S/C41H26N2O2/c1-25-20-28(27-18-19-39-34(23-27)31-13-6-7-16-37(31)44-39)22-29(21-25)35-24-36(43-41(42-35)26-10-3-2-4-11-26)33-15-9-14-32-30-12-5-8-17-38(30)45-40(32)33/h2-24H,1H3. The highest BCUT2D eigenvalue weighted by Gasteiger charge is 2.17. The molecule has 3 heterocycles. The van der Waals surface area contributed by atoms with E-state index in [4.69, 9.17) is 18.8 Å². The summed E-state index contributed by atoms with van der Waals surface area (Å²) in [4.78, 5) is 10.2. The monoisotopic (exact) mass is 578 g/mol. The van der Waals surface area contributed by atoms with Crippen LogP contribution < -0.4 is 0 Å². The highest BCUT2D eigenvalue weighted by molar-refractivity contribution is 6.09. The summed E-state index contributed by atoms with van der Waals surface area (Å²) < 4.78 is 12.5. The van der Waals surface area contributed by atoms with E-state index in [0.717, 1.165) is 88.6 Å². The molecule has 0 saturated carbocycles. The summed E-state index contributed by atoms with van der Waals surface area (Å²) >= 11 is 0. The van der Waals surface area contributed by atoms with Gasteiger partial charge in [0.25, 0.3) is 0 Å². The first-order valence-electron chi connectivity index (χ1n) is 15.1. The summed E-state index contributed by atoms with van der Waals surface area (Å²) in [6.45, 7) is 2.13. The highest BCUT2D eigenvalue weighted by atomic mass is 16.3. The third-order valence-electron chi connectivity index (χ3n) is 8.52. The zero-order valence-corrected chi connectivity index (χ0v) is 24.5. The lowest BCUT2D eigenvalue weighted by Crippen LogP contribution is -1.96. The van der Waals surface area contributed by atoms with Gasteiger partial charge in [-0.25, -0.2) is 9.97 Å². The molecule has 45 heavy (non-hydrogen) atoms. The van der Waals surface area contributed by atoms with Crippen LogP contribution in [-0.2, 0) is 0 Å². The van der Waals surface area contributed by atoms with Gasteiger partial charge in [0.1, 0.15) is 22.3 Å². The van der Waals surface area contributed by atoms with Gasteiger partial charge in [-0.2, -0.15) is 0 Å². The molecular formula is C41H26N2O2. The summed E-state index contributed by atoms with van der Waals surface area (Å²) in [6, 6.07) is 47.9. The Bertz CT molecular complexity index is 2560. The van der Waals surface area contributed by atoms with Crippen LogP contribution >= 0.6 is 0 Å². The molecule has 0 aliphatic rings. The number of nitrogens with zero attached hydrogens (tertiary/aromatic N) is 2. The molecule has 0 radical (unpaired) electrons. The molecule has 9 aromatic rings. The number of hydrogen-bond acceptors (Lipinski definition) is 4. The molecular weight excluding hydrogens is 552 g/mol. The number of fused-ring (bicyclic) bond motifs is 6. The van der Waals surface area contributed by atoms with Crippen molar-refractivity contribution in [3.8, 4) is 45.0 Å². The van der Waals surface area contributed by atoms with Crippen LogP contribution in [0.15, 0.2) is 148 Å². The van der Waals surface area contributed by atoms with Crippen molar-refractivity contribution in [3.05, 3.63) is 145 Å². The topological polar surface area (TPSA) is 52.1 Å². The Labute approximate surface area is 259 Å². The molecule has 0 bridgehead atoms. The summed E-state index contributed by atoms with van der Waals surface area (Å²) in [5, 5.41) is 4.40. The average molecular weight is 579 g/mol. The fraction of sp³-hybridized carbons (Fsp3) is 0.0244. The summed E-state index contributed by atoms with van der Waals surface area (Å²) in [5.41, 5.74) is 11.5. The van der Waals surface area contributed by atoms with Crippen molar-refractivity contribution in [1.82, 2.24) is 9.97 Å². The lowest BCUT2D eigenvalue weighted by Gasteiger charge is -2.12. The van der Waals surface area contributed by atoms with Crippen LogP contribution in [0.1, 0.15) is 5.56 Å². The molecule has 3 aromatic heterocycles. The lowest BCUT2D eigenvalue weighted by molar-refractivity contribution is 0.669. The van der Waals surface area contributed by atoms with E-state index in [9.17, 15) is 0 Å². The quantitative estimate of drug-likeness (QED) is 0.208. The first-order chi connectivity index (χ1) is 22.2. The molecule has 0 unspecified atom stereocenters. The Morgan fingerprint density at radius 3 is 1.93 bits per heavy atom. The van der Waals surface area contributed by atoms with Crippen molar-refractivity contribution in [2.75, 3.05) is 0 Å². The molecule has 6 aromatic carbocycles. The van der Waals surface area contributed by atoms with Crippen molar-refractivity contribution >= 4 is 43.9 Å². The number of rotatable bonds is 4. The van der Waals surface area contributed by atoms with Crippen molar-refractivity contribution in [1.29, 1.82) is 0 Å². The number of aromatic nitrogens is 2. The minimum Gasteiger partial charge on any atom is -0.456 e. The Kier molecular flexibility index (Phi) is 5.69. The maximum Gasteiger partial charge on any atom is 0.160 e. The van der Waals surface area contributed by atoms with Crippen LogP contribution in [-0.4, -0.2) is 9.97 Å². The van der Waals surface area contributed by atoms with Gasteiger partial charge in [0, 0.05) is 38.2 Å². The van der Waals surface area contributed by atoms with Crippen LogP contribution in [0.4, 0.5) is 0 Å². The van der Waals surface area contributed by atoms with Crippen LogP contribution in [0.25, 0.3) is 88.9 Å². The van der Waals surface area contributed by atoms with E-state index >= 15 is 0 Å². The maximum absolute atomic E-state index is 6.42. The second-order valence-corrected chi connectivity index (χ2v) is 11.5. The molecule has 0 aliphatic carbocycles. The van der Waals surface area contributed by atoms with Crippen molar-refractivity contribution < 1.29 is 8.83 Å². The first-order valence-corrected chi connectivity index (χ1v) is 15.1. The molecule has 212 valence electrons. The molecule has 9 rings (SSSR count). The highest BCUT2D eigenvalue weighted by Crippen LogP contribution is 2.38. The Hall–Kier alpha value is -6.00. The predicted octanol–water partition coefficient (Wildman–Crippen LogP) is 11.3. The van der Waals surface area contributed by atoms with E-state index in [1.54, 1.807) is 0 Å². The van der Waals surface area contributed by atoms with Gasteiger partial charge in [-0.05, 0) is 72.1 Å². The second-order valence-electron chi connectivity index (χ2n) is 11.5. The third kappa shape index (κ3) is 4.30.